The van der Waals surface area contributed by atoms with E-state index in [4.69, 9.17) is 4.74 Å². The van der Waals surface area contributed by atoms with Crippen LogP contribution in [0.4, 0.5) is 14.5 Å². The normalized spacial score (nSPS) is 10.4. The maximum absolute atomic E-state index is 12.3. The number of anilines is 1. The summed E-state index contributed by atoms with van der Waals surface area (Å²) in [4.78, 5) is 12.2. The van der Waals surface area contributed by atoms with Gasteiger partial charge in [-0.25, -0.2) is 0 Å². The van der Waals surface area contributed by atoms with Gasteiger partial charge in [0.2, 0.25) is 0 Å². The first-order chi connectivity index (χ1) is 10.5. The van der Waals surface area contributed by atoms with Gasteiger partial charge in [0, 0.05) is 10.0 Å². The molecule has 0 atom stereocenters. The highest BCUT2D eigenvalue weighted by molar-refractivity contribution is 9.10. The molecule has 2 rings (SSSR count). The van der Waals surface area contributed by atoms with Crippen molar-refractivity contribution in [2.75, 3.05) is 12.4 Å². The third-order valence-corrected chi connectivity index (χ3v) is 3.46. The molecule has 2 aromatic carbocycles. The summed E-state index contributed by atoms with van der Waals surface area (Å²) >= 11 is 3.32. The molecule has 7 heteroatoms. The number of nitrogens with one attached hydrogen (secondary N) is 1. The molecule has 0 bridgehead atoms. The lowest BCUT2D eigenvalue weighted by Crippen LogP contribution is -2.13. The number of rotatable bonds is 5. The summed E-state index contributed by atoms with van der Waals surface area (Å²) in [5, 5.41) is 2.71. The first kappa shape index (κ1) is 16.2. The van der Waals surface area contributed by atoms with E-state index >= 15 is 0 Å². The molecule has 1 amide bonds. The standard InChI is InChI=1S/C15H12BrF2NO3/c1-21-13-8-9(6-7-12(13)22-15(17)18)14(20)19-11-5-3-2-4-10(11)16/h2-8,15H,1H3,(H,19,20). The van der Waals surface area contributed by atoms with E-state index in [1.807, 2.05) is 6.07 Å². The minimum atomic E-state index is -2.96. The Kier molecular flexibility index (Phi) is 5.32. The Labute approximate surface area is 134 Å². The van der Waals surface area contributed by atoms with Crippen LogP contribution in [0, 0.1) is 0 Å². The zero-order chi connectivity index (χ0) is 16.1. The van der Waals surface area contributed by atoms with Crippen LogP contribution in [-0.4, -0.2) is 19.6 Å². The number of amides is 1. The number of hydrogen-bond acceptors (Lipinski definition) is 3. The van der Waals surface area contributed by atoms with Gasteiger partial charge in [0.1, 0.15) is 0 Å². The van der Waals surface area contributed by atoms with Crippen molar-refractivity contribution in [2.45, 2.75) is 6.61 Å². The predicted octanol–water partition coefficient (Wildman–Crippen LogP) is 4.31. The molecular weight excluding hydrogens is 360 g/mol. The molecule has 0 aliphatic rings. The van der Waals surface area contributed by atoms with Gasteiger partial charge in [-0.2, -0.15) is 8.78 Å². The molecule has 1 N–H and O–H groups in total. The fourth-order valence-corrected chi connectivity index (χ4v) is 2.14. The topological polar surface area (TPSA) is 47.6 Å². The van der Waals surface area contributed by atoms with Crippen LogP contribution >= 0.6 is 15.9 Å². The van der Waals surface area contributed by atoms with Gasteiger partial charge in [-0.1, -0.05) is 12.1 Å². The van der Waals surface area contributed by atoms with Crippen molar-refractivity contribution in [1.82, 2.24) is 0 Å². The Hall–Kier alpha value is -2.15. The lowest BCUT2D eigenvalue weighted by Gasteiger charge is -2.12. The lowest BCUT2D eigenvalue weighted by atomic mass is 10.2. The molecule has 0 heterocycles. The number of benzene rings is 2. The SMILES string of the molecule is COc1cc(C(=O)Nc2ccccc2Br)ccc1OC(F)F. The van der Waals surface area contributed by atoms with E-state index in [1.165, 1.54) is 25.3 Å². The molecule has 22 heavy (non-hydrogen) atoms. The van der Waals surface area contributed by atoms with Crippen LogP contribution in [0.3, 0.4) is 0 Å². The largest absolute Gasteiger partial charge is 0.493 e. The van der Waals surface area contributed by atoms with E-state index in [0.717, 1.165) is 4.47 Å². The Balaban J connectivity index is 2.21. The second-order valence-electron chi connectivity index (χ2n) is 4.18. The molecule has 0 aromatic heterocycles. The molecule has 0 spiro atoms. The first-order valence-electron chi connectivity index (χ1n) is 6.20. The highest BCUT2D eigenvalue weighted by Gasteiger charge is 2.14. The molecule has 0 aliphatic heterocycles. The zero-order valence-electron chi connectivity index (χ0n) is 11.5. The van der Waals surface area contributed by atoms with Crippen LogP contribution in [-0.2, 0) is 0 Å². The second kappa shape index (κ2) is 7.22. The van der Waals surface area contributed by atoms with Crippen LogP contribution in [0.25, 0.3) is 0 Å². The van der Waals surface area contributed by atoms with Crippen molar-refractivity contribution < 1.29 is 23.0 Å². The predicted molar refractivity (Wildman–Crippen MR) is 81.7 cm³/mol. The molecule has 0 saturated heterocycles. The number of ether oxygens (including phenoxy) is 2. The molecule has 0 aliphatic carbocycles. The van der Waals surface area contributed by atoms with Crippen molar-refractivity contribution in [2.24, 2.45) is 0 Å². The molecule has 0 unspecified atom stereocenters. The number of carbonyl (C=O) groups is 1. The zero-order valence-corrected chi connectivity index (χ0v) is 13.1. The molecule has 0 saturated carbocycles. The summed E-state index contributed by atoms with van der Waals surface area (Å²) in [6.45, 7) is -2.96. The fourth-order valence-electron chi connectivity index (χ4n) is 1.76. The van der Waals surface area contributed by atoms with E-state index in [9.17, 15) is 13.6 Å². The molecule has 4 nitrogen and oxygen atoms in total. The Bertz CT molecular complexity index is 680. The van der Waals surface area contributed by atoms with Gasteiger partial charge in [-0.05, 0) is 46.3 Å². The van der Waals surface area contributed by atoms with Crippen LogP contribution in [0.15, 0.2) is 46.9 Å². The van der Waals surface area contributed by atoms with E-state index in [-0.39, 0.29) is 17.1 Å². The van der Waals surface area contributed by atoms with Crippen molar-refractivity contribution in [3.63, 3.8) is 0 Å². The molecule has 0 fully saturated rings. The van der Waals surface area contributed by atoms with Gasteiger partial charge >= 0.3 is 6.61 Å². The monoisotopic (exact) mass is 371 g/mol. The Morgan fingerprint density at radius 2 is 1.91 bits per heavy atom. The second-order valence-corrected chi connectivity index (χ2v) is 5.03. The summed E-state index contributed by atoms with van der Waals surface area (Å²) in [5.74, 6) is -0.469. The van der Waals surface area contributed by atoms with Crippen molar-refractivity contribution in [3.8, 4) is 11.5 Å². The minimum Gasteiger partial charge on any atom is -0.493 e. The number of halogens is 3. The lowest BCUT2D eigenvalue weighted by molar-refractivity contribution is -0.0512. The third kappa shape index (κ3) is 3.94. The summed E-state index contributed by atoms with van der Waals surface area (Å²) in [5.41, 5.74) is 0.855. The van der Waals surface area contributed by atoms with E-state index < -0.39 is 12.5 Å². The summed E-state index contributed by atoms with van der Waals surface area (Å²) in [6, 6.07) is 11.1. The summed E-state index contributed by atoms with van der Waals surface area (Å²) in [6.07, 6.45) is 0. The van der Waals surface area contributed by atoms with Gasteiger partial charge in [0.15, 0.2) is 11.5 Å². The van der Waals surface area contributed by atoms with Crippen LogP contribution < -0.4 is 14.8 Å². The average Bonchev–Trinajstić information content (AvgIpc) is 2.49. The number of hydrogen-bond donors (Lipinski definition) is 1. The summed E-state index contributed by atoms with van der Waals surface area (Å²) in [7, 11) is 1.31. The van der Waals surface area contributed by atoms with Crippen LogP contribution in [0.2, 0.25) is 0 Å². The van der Waals surface area contributed by atoms with Gasteiger partial charge < -0.3 is 14.8 Å². The molecule has 2 aromatic rings. The summed E-state index contributed by atoms with van der Waals surface area (Å²) < 4.78 is 34.5. The number of carbonyl (C=O) groups excluding carboxylic acids is 1. The van der Waals surface area contributed by atoms with Crippen LogP contribution in [0.1, 0.15) is 10.4 Å². The number of methoxy groups -OCH3 is 1. The molecule has 116 valence electrons. The maximum atomic E-state index is 12.3. The van der Waals surface area contributed by atoms with Crippen molar-refractivity contribution >= 4 is 27.5 Å². The maximum Gasteiger partial charge on any atom is 0.387 e. The highest BCUT2D eigenvalue weighted by Crippen LogP contribution is 2.30. The Morgan fingerprint density at radius 1 is 1.18 bits per heavy atom. The van der Waals surface area contributed by atoms with E-state index in [1.54, 1.807) is 18.2 Å². The fraction of sp³-hybridized carbons (Fsp3) is 0.133. The first-order valence-corrected chi connectivity index (χ1v) is 6.99. The highest BCUT2D eigenvalue weighted by atomic mass is 79.9. The van der Waals surface area contributed by atoms with Gasteiger partial charge in [-0.3, -0.25) is 4.79 Å². The average molecular weight is 372 g/mol. The third-order valence-electron chi connectivity index (χ3n) is 2.76. The molecular formula is C15H12BrF2NO3. The smallest absolute Gasteiger partial charge is 0.387 e. The van der Waals surface area contributed by atoms with Crippen molar-refractivity contribution in [3.05, 3.63) is 52.5 Å². The van der Waals surface area contributed by atoms with Gasteiger partial charge in [0.05, 0.1) is 12.8 Å². The van der Waals surface area contributed by atoms with E-state index in [2.05, 4.69) is 26.0 Å². The number of alkyl halides is 2. The van der Waals surface area contributed by atoms with Crippen LogP contribution in [0.5, 0.6) is 11.5 Å². The molecule has 0 radical (unpaired) electrons. The minimum absolute atomic E-state index is 0.0556. The van der Waals surface area contributed by atoms with Gasteiger partial charge in [-0.15, -0.1) is 0 Å². The number of para-hydroxylation sites is 1. The van der Waals surface area contributed by atoms with Gasteiger partial charge in [0.25, 0.3) is 5.91 Å². The van der Waals surface area contributed by atoms with Crippen molar-refractivity contribution in [1.29, 1.82) is 0 Å². The Morgan fingerprint density at radius 3 is 2.55 bits per heavy atom. The quantitative estimate of drug-likeness (QED) is 0.851. The van der Waals surface area contributed by atoms with E-state index in [0.29, 0.717) is 5.69 Å².